The molecule has 100 valence electrons. The predicted molar refractivity (Wildman–Crippen MR) is 76.0 cm³/mol. The van der Waals surface area contributed by atoms with Gasteiger partial charge in [-0.15, -0.1) is 12.6 Å². The lowest BCUT2D eigenvalue weighted by atomic mass is 10.1. The number of hydrogen-bond acceptors (Lipinski definition) is 3. The van der Waals surface area contributed by atoms with Gasteiger partial charge in [-0.05, 0) is 24.1 Å². The lowest BCUT2D eigenvalue weighted by Gasteiger charge is -2.21. The quantitative estimate of drug-likeness (QED) is 0.743. The first-order valence-electron chi connectivity index (χ1n) is 6.34. The third-order valence-electron chi connectivity index (χ3n) is 2.80. The highest BCUT2D eigenvalue weighted by Gasteiger charge is 2.12. The molecular weight excluding hydrogens is 246 g/mol. The molecule has 1 aromatic carbocycles. The zero-order chi connectivity index (χ0) is 13.4. The number of benzene rings is 1. The Morgan fingerprint density at radius 2 is 1.94 bits per heavy atom. The average molecular weight is 267 g/mol. The largest absolute Gasteiger partial charge is 0.395 e. The molecule has 0 heterocycles. The van der Waals surface area contributed by atoms with Crippen LogP contribution in [0.15, 0.2) is 29.2 Å². The van der Waals surface area contributed by atoms with Crippen LogP contribution in [-0.2, 0) is 11.2 Å². The van der Waals surface area contributed by atoms with Gasteiger partial charge in [0.2, 0.25) is 5.91 Å². The Balaban J connectivity index is 2.57. The molecule has 0 saturated heterocycles. The van der Waals surface area contributed by atoms with Crippen molar-refractivity contribution in [3.8, 4) is 0 Å². The minimum absolute atomic E-state index is 0.0189. The van der Waals surface area contributed by atoms with Crippen LogP contribution in [0.3, 0.4) is 0 Å². The maximum absolute atomic E-state index is 12.1. The summed E-state index contributed by atoms with van der Waals surface area (Å²) in [7, 11) is 0. The third-order valence-corrected chi connectivity index (χ3v) is 3.09. The van der Waals surface area contributed by atoms with Crippen molar-refractivity contribution in [2.75, 3.05) is 19.7 Å². The number of aliphatic hydroxyl groups is 1. The van der Waals surface area contributed by atoms with E-state index in [0.717, 1.165) is 29.8 Å². The summed E-state index contributed by atoms with van der Waals surface area (Å²) in [6, 6.07) is 7.59. The van der Waals surface area contributed by atoms with E-state index in [4.69, 9.17) is 5.11 Å². The fourth-order valence-corrected chi connectivity index (χ4v) is 1.88. The lowest BCUT2D eigenvalue weighted by molar-refractivity contribution is -0.131. The fraction of sp³-hybridized carbons (Fsp3) is 0.500. The Labute approximate surface area is 114 Å². The molecule has 0 unspecified atom stereocenters. The zero-order valence-corrected chi connectivity index (χ0v) is 11.7. The molecule has 0 saturated carbocycles. The lowest BCUT2D eigenvalue weighted by Crippen LogP contribution is -2.35. The topological polar surface area (TPSA) is 40.5 Å². The first kappa shape index (κ1) is 15.1. The average Bonchev–Trinajstić information content (AvgIpc) is 2.37. The Hall–Kier alpha value is -1.00. The second kappa shape index (κ2) is 8.16. The number of nitrogens with zero attached hydrogens (tertiary/aromatic N) is 1. The second-order valence-electron chi connectivity index (χ2n) is 4.30. The van der Waals surface area contributed by atoms with E-state index in [0.29, 0.717) is 13.0 Å². The standard InChI is InChI=1S/C14H21NO2S/c1-2-3-8-15(9-10-16)14(17)11-12-4-6-13(18)7-5-12/h4-7,16,18H,2-3,8-11H2,1H3. The molecule has 0 aromatic heterocycles. The van der Waals surface area contributed by atoms with Gasteiger partial charge in [-0.3, -0.25) is 4.79 Å². The van der Waals surface area contributed by atoms with E-state index in [9.17, 15) is 4.79 Å². The number of aliphatic hydroxyl groups excluding tert-OH is 1. The minimum Gasteiger partial charge on any atom is -0.395 e. The van der Waals surface area contributed by atoms with Crippen LogP contribution in [0.1, 0.15) is 25.3 Å². The number of carbonyl (C=O) groups excluding carboxylic acids is 1. The van der Waals surface area contributed by atoms with Gasteiger partial charge < -0.3 is 10.0 Å². The predicted octanol–water partition coefficient (Wildman–Crippen LogP) is 2.14. The van der Waals surface area contributed by atoms with Crippen molar-refractivity contribution in [2.24, 2.45) is 0 Å². The van der Waals surface area contributed by atoms with Crippen LogP contribution in [0.25, 0.3) is 0 Å². The van der Waals surface area contributed by atoms with E-state index in [1.165, 1.54) is 0 Å². The number of carbonyl (C=O) groups is 1. The molecule has 0 bridgehead atoms. The SMILES string of the molecule is CCCCN(CCO)C(=O)Cc1ccc(S)cc1. The highest BCUT2D eigenvalue weighted by atomic mass is 32.1. The van der Waals surface area contributed by atoms with Crippen LogP contribution in [0.2, 0.25) is 0 Å². The summed E-state index contributed by atoms with van der Waals surface area (Å²) in [5, 5.41) is 8.98. The number of amides is 1. The number of hydrogen-bond donors (Lipinski definition) is 2. The summed E-state index contributed by atoms with van der Waals surface area (Å²) in [5.74, 6) is 0.0735. The van der Waals surface area contributed by atoms with Crippen LogP contribution in [0.5, 0.6) is 0 Å². The molecule has 1 amide bonds. The van der Waals surface area contributed by atoms with Gasteiger partial charge in [-0.2, -0.15) is 0 Å². The highest BCUT2D eigenvalue weighted by molar-refractivity contribution is 7.80. The second-order valence-corrected chi connectivity index (χ2v) is 4.82. The first-order chi connectivity index (χ1) is 8.67. The molecule has 4 heteroatoms. The van der Waals surface area contributed by atoms with Gasteiger partial charge in [-0.25, -0.2) is 0 Å². The van der Waals surface area contributed by atoms with Crippen molar-refractivity contribution in [1.29, 1.82) is 0 Å². The number of unbranched alkanes of at least 4 members (excludes halogenated alkanes) is 1. The molecule has 18 heavy (non-hydrogen) atoms. The molecule has 1 N–H and O–H groups in total. The van der Waals surface area contributed by atoms with E-state index >= 15 is 0 Å². The molecule has 0 radical (unpaired) electrons. The summed E-state index contributed by atoms with van der Waals surface area (Å²) in [5.41, 5.74) is 0.984. The zero-order valence-electron chi connectivity index (χ0n) is 10.8. The van der Waals surface area contributed by atoms with Gasteiger partial charge in [0, 0.05) is 18.0 Å². The van der Waals surface area contributed by atoms with Crippen molar-refractivity contribution < 1.29 is 9.90 Å². The molecule has 0 atom stereocenters. The van der Waals surface area contributed by atoms with Crippen LogP contribution in [0.4, 0.5) is 0 Å². The summed E-state index contributed by atoms with van der Waals surface area (Å²) in [6.45, 7) is 3.25. The van der Waals surface area contributed by atoms with Crippen molar-refractivity contribution in [1.82, 2.24) is 4.90 Å². The Kier molecular flexibility index (Phi) is 6.83. The molecule has 0 aliphatic carbocycles. The molecular formula is C14H21NO2S. The maximum atomic E-state index is 12.1. The van der Waals surface area contributed by atoms with E-state index < -0.39 is 0 Å². The minimum atomic E-state index is 0.0189. The van der Waals surface area contributed by atoms with Crippen LogP contribution in [-0.4, -0.2) is 35.6 Å². The van der Waals surface area contributed by atoms with Crippen molar-refractivity contribution in [3.63, 3.8) is 0 Å². The smallest absolute Gasteiger partial charge is 0.227 e. The molecule has 0 spiro atoms. The Bertz CT molecular complexity index is 365. The molecule has 3 nitrogen and oxygen atoms in total. The maximum Gasteiger partial charge on any atom is 0.227 e. The van der Waals surface area contributed by atoms with Crippen LogP contribution >= 0.6 is 12.6 Å². The van der Waals surface area contributed by atoms with Gasteiger partial charge in [0.1, 0.15) is 0 Å². The summed E-state index contributed by atoms with van der Waals surface area (Å²) >= 11 is 4.21. The van der Waals surface area contributed by atoms with Gasteiger partial charge in [-0.1, -0.05) is 25.5 Å². The first-order valence-corrected chi connectivity index (χ1v) is 6.78. The Morgan fingerprint density at radius 1 is 1.28 bits per heavy atom. The van der Waals surface area contributed by atoms with Crippen molar-refractivity contribution >= 4 is 18.5 Å². The normalized spacial score (nSPS) is 10.4. The van der Waals surface area contributed by atoms with Gasteiger partial charge in [0.05, 0.1) is 13.0 Å². The number of rotatable bonds is 7. The Morgan fingerprint density at radius 3 is 2.50 bits per heavy atom. The fourth-order valence-electron chi connectivity index (χ4n) is 1.73. The summed E-state index contributed by atoms with van der Waals surface area (Å²) in [4.78, 5) is 14.7. The molecule has 0 aliphatic rings. The van der Waals surface area contributed by atoms with Gasteiger partial charge in [0.25, 0.3) is 0 Å². The third kappa shape index (κ3) is 5.10. The molecule has 0 fully saturated rings. The molecule has 0 aliphatic heterocycles. The summed E-state index contributed by atoms with van der Waals surface area (Å²) < 4.78 is 0. The highest BCUT2D eigenvalue weighted by Crippen LogP contribution is 2.09. The van der Waals surface area contributed by atoms with E-state index in [1.54, 1.807) is 4.90 Å². The van der Waals surface area contributed by atoms with E-state index in [1.807, 2.05) is 24.3 Å². The van der Waals surface area contributed by atoms with E-state index in [2.05, 4.69) is 19.6 Å². The van der Waals surface area contributed by atoms with Crippen molar-refractivity contribution in [2.45, 2.75) is 31.1 Å². The van der Waals surface area contributed by atoms with E-state index in [-0.39, 0.29) is 12.5 Å². The van der Waals surface area contributed by atoms with Gasteiger partial charge >= 0.3 is 0 Å². The summed E-state index contributed by atoms with van der Waals surface area (Å²) in [6.07, 6.45) is 2.41. The van der Waals surface area contributed by atoms with Crippen LogP contribution < -0.4 is 0 Å². The number of thiol groups is 1. The molecule has 1 rings (SSSR count). The van der Waals surface area contributed by atoms with Crippen molar-refractivity contribution in [3.05, 3.63) is 29.8 Å². The van der Waals surface area contributed by atoms with Gasteiger partial charge in [0.15, 0.2) is 0 Å². The van der Waals surface area contributed by atoms with Crippen LogP contribution in [0, 0.1) is 0 Å². The monoisotopic (exact) mass is 267 g/mol. The molecule has 1 aromatic rings.